The van der Waals surface area contributed by atoms with Gasteiger partial charge >= 0.3 is 0 Å². The molecule has 4 nitrogen and oxygen atoms in total. The Balaban J connectivity index is 2.22. The number of halogens is 1. The van der Waals surface area contributed by atoms with Crippen molar-refractivity contribution in [3.05, 3.63) is 58.3 Å². The van der Waals surface area contributed by atoms with Crippen molar-refractivity contribution in [2.24, 2.45) is 5.84 Å². The first-order valence-corrected chi connectivity index (χ1v) is 6.73. The summed E-state index contributed by atoms with van der Waals surface area (Å²) in [5.74, 6) is 6.39. The van der Waals surface area contributed by atoms with Crippen molar-refractivity contribution in [3.63, 3.8) is 0 Å². The van der Waals surface area contributed by atoms with E-state index in [1.165, 1.54) is 5.56 Å². The first-order chi connectivity index (χ1) is 9.24. The molecule has 0 amide bonds. The number of nitrogens with two attached hydrogens (primary N) is 1. The fraction of sp³-hybridized carbons (Fsp3) is 0.214. The second kappa shape index (κ2) is 6.65. The number of benzene rings is 1. The molecule has 0 saturated carbocycles. The van der Waals surface area contributed by atoms with Crippen LogP contribution in [-0.4, -0.2) is 12.1 Å². The van der Waals surface area contributed by atoms with E-state index in [1.54, 1.807) is 13.3 Å². The molecule has 19 heavy (non-hydrogen) atoms. The molecule has 0 radical (unpaired) electrons. The van der Waals surface area contributed by atoms with Crippen LogP contribution in [0.15, 0.2) is 47.1 Å². The number of nitrogens with zero attached hydrogens (tertiary/aromatic N) is 1. The molecule has 3 N–H and O–H groups in total. The van der Waals surface area contributed by atoms with E-state index in [0.717, 1.165) is 22.3 Å². The van der Waals surface area contributed by atoms with Gasteiger partial charge in [0.2, 0.25) is 0 Å². The van der Waals surface area contributed by atoms with Crippen molar-refractivity contribution in [3.8, 4) is 5.75 Å². The van der Waals surface area contributed by atoms with E-state index < -0.39 is 0 Å². The SMILES string of the molecule is COc1cccnc1C(Cc1ccc(Br)cc1)NN. The first-order valence-electron chi connectivity index (χ1n) is 5.94. The minimum Gasteiger partial charge on any atom is -0.495 e. The summed E-state index contributed by atoms with van der Waals surface area (Å²) in [4.78, 5) is 4.36. The molecule has 1 heterocycles. The summed E-state index contributed by atoms with van der Waals surface area (Å²) < 4.78 is 6.38. The molecule has 1 aromatic carbocycles. The zero-order valence-corrected chi connectivity index (χ0v) is 12.2. The Morgan fingerprint density at radius 1 is 1.32 bits per heavy atom. The van der Waals surface area contributed by atoms with Gasteiger partial charge in [0.25, 0.3) is 0 Å². The second-order valence-electron chi connectivity index (χ2n) is 4.14. The molecule has 5 heteroatoms. The standard InChI is InChI=1S/C14H16BrN3O/c1-19-13-3-2-8-17-14(13)12(18-16)9-10-4-6-11(15)7-5-10/h2-8,12,18H,9,16H2,1H3. The van der Waals surface area contributed by atoms with Gasteiger partial charge in [-0.05, 0) is 36.2 Å². The molecule has 0 aliphatic rings. The number of methoxy groups -OCH3 is 1. The molecular weight excluding hydrogens is 306 g/mol. The van der Waals surface area contributed by atoms with Crippen LogP contribution in [0.3, 0.4) is 0 Å². The van der Waals surface area contributed by atoms with E-state index in [2.05, 4.69) is 38.5 Å². The van der Waals surface area contributed by atoms with Crippen molar-refractivity contribution in [1.82, 2.24) is 10.4 Å². The smallest absolute Gasteiger partial charge is 0.142 e. The fourth-order valence-electron chi connectivity index (χ4n) is 1.93. The lowest BCUT2D eigenvalue weighted by Crippen LogP contribution is -2.30. The minimum atomic E-state index is -0.0858. The van der Waals surface area contributed by atoms with Crippen LogP contribution in [-0.2, 0) is 6.42 Å². The van der Waals surface area contributed by atoms with Gasteiger partial charge in [0.05, 0.1) is 13.2 Å². The Labute approximate surface area is 121 Å². The number of nitrogens with one attached hydrogen (secondary N) is 1. The number of rotatable bonds is 5. The highest BCUT2D eigenvalue weighted by Crippen LogP contribution is 2.25. The lowest BCUT2D eigenvalue weighted by atomic mass is 10.0. The first kappa shape index (κ1) is 14.0. The maximum absolute atomic E-state index is 5.65. The average molecular weight is 322 g/mol. The molecule has 1 atom stereocenters. The molecule has 1 aromatic heterocycles. The lowest BCUT2D eigenvalue weighted by Gasteiger charge is -2.17. The van der Waals surface area contributed by atoms with Crippen molar-refractivity contribution in [2.45, 2.75) is 12.5 Å². The summed E-state index contributed by atoms with van der Waals surface area (Å²) in [5.41, 5.74) is 4.80. The van der Waals surface area contributed by atoms with Gasteiger partial charge in [0, 0.05) is 10.7 Å². The Kier molecular flexibility index (Phi) is 4.90. The Morgan fingerprint density at radius 2 is 2.05 bits per heavy atom. The highest BCUT2D eigenvalue weighted by Gasteiger charge is 2.16. The summed E-state index contributed by atoms with van der Waals surface area (Å²) >= 11 is 3.42. The third-order valence-corrected chi connectivity index (χ3v) is 3.43. The zero-order chi connectivity index (χ0) is 13.7. The van der Waals surface area contributed by atoms with Gasteiger partial charge in [-0.25, -0.2) is 0 Å². The van der Waals surface area contributed by atoms with Crippen molar-refractivity contribution < 1.29 is 4.74 Å². The van der Waals surface area contributed by atoms with Crippen molar-refractivity contribution in [2.75, 3.05) is 7.11 Å². The van der Waals surface area contributed by atoms with Crippen LogP contribution < -0.4 is 16.0 Å². The molecule has 0 aliphatic carbocycles. The highest BCUT2D eigenvalue weighted by atomic mass is 79.9. The van der Waals surface area contributed by atoms with Crippen molar-refractivity contribution >= 4 is 15.9 Å². The molecule has 0 bridgehead atoms. The molecule has 100 valence electrons. The molecular formula is C14H16BrN3O. The van der Waals surface area contributed by atoms with Gasteiger partial charge < -0.3 is 4.74 Å². The third kappa shape index (κ3) is 3.53. The van der Waals surface area contributed by atoms with Gasteiger partial charge in [0.1, 0.15) is 11.4 Å². The summed E-state index contributed by atoms with van der Waals surface area (Å²) in [6.45, 7) is 0. The number of pyridine rings is 1. The average Bonchev–Trinajstić information content (AvgIpc) is 2.46. The Hall–Kier alpha value is -1.43. The van der Waals surface area contributed by atoms with Crippen LogP contribution >= 0.6 is 15.9 Å². The summed E-state index contributed by atoms with van der Waals surface area (Å²) in [6.07, 6.45) is 2.49. The number of hydrazine groups is 1. The maximum atomic E-state index is 5.65. The molecule has 0 spiro atoms. The molecule has 2 aromatic rings. The predicted molar refractivity (Wildman–Crippen MR) is 78.7 cm³/mol. The van der Waals surface area contributed by atoms with Crippen LogP contribution in [0, 0.1) is 0 Å². The van der Waals surface area contributed by atoms with Crippen LogP contribution in [0.25, 0.3) is 0 Å². The monoisotopic (exact) mass is 321 g/mol. The largest absolute Gasteiger partial charge is 0.495 e. The van der Waals surface area contributed by atoms with E-state index in [9.17, 15) is 0 Å². The normalized spacial score (nSPS) is 12.2. The van der Waals surface area contributed by atoms with Crippen LogP contribution in [0.4, 0.5) is 0 Å². The Bertz CT molecular complexity index is 530. The molecule has 2 rings (SSSR count). The highest BCUT2D eigenvalue weighted by molar-refractivity contribution is 9.10. The summed E-state index contributed by atoms with van der Waals surface area (Å²) in [5, 5.41) is 0. The van der Waals surface area contributed by atoms with E-state index in [1.807, 2.05) is 24.3 Å². The number of ether oxygens (including phenoxy) is 1. The number of hydrogen-bond donors (Lipinski definition) is 2. The van der Waals surface area contributed by atoms with Gasteiger partial charge in [-0.1, -0.05) is 28.1 Å². The fourth-order valence-corrected chi connectivity index (χ4v) is 2.19. The molecule has 0 aliphatic heterocycles. The second-order valence-corrected chi connectivity index (χ2v) is 5.06. The van der Waals surface area contributed by atoms with E-state index in [-0.39, 0.29) is 6.04 Å². The molecule has 0 saturated heterocycles. The quantitative estimate of drug-likeness (QED) is 0.656. The lowest BCUT2D eigenvalue weighted by molar-refractivity contribution is 0.394. The number of hydrogen-bond acceptors (Lipinski definition) is 4. The van der Waals surface area contributed by atoms with Crippen LogP contribution in [0.5, 0.6) is 5.75 Å². The topological polar surface area (TPSA) is 60.2 Å². The third-order valence-electron chi connectivity index (χ3n) is 2.90. The van der Waals surface area contributed by atoms with E-state index >= 15 is 0 Å². The maximum Gasteiger partial charge on any atom is 0.142 e. The van der Waals surface area contributed by atoms with Gasteiger partial charge in [-0.3, -0.25) is 16.3 Å². The van der Waals surface area contributed by atoms with E-state index in [0.29, 0.717) is 0 Å². The van der Waals surface area contributed by atoms with Gasteiger partial charge in [0.15, 0.2) is 0 Å². The Morgan fingerprint density at radius 3 is 2.68 bits per heavy atom. The summed E-state index contributed by atoms with van der Waals surface area (Å²) in [7, 11) is 1.63. The van der Waals surface area contributed by atoms with Gasteiger partial charge in [-0.2, -0.15) is 0 Å². The van der Waals surface area contributed by atoms with Crippen molar-refractivity contribution in [1.29, 1.82) is 0 Å². The number of aromatic nitrogens is 1. The van der Waals surface area contributed by atoms with E-state index in [4.69, 9.17) is 10.6 Å². The molecule has 0 fully saturated rings. The van der Waals surface area contributed by atoms with Crippen LogP contribution in [0.2, 0.25) is 0 Å². The summed E-state index contributed by atoms with van der Waals surface area (Å²) in [6, 6.07) is 11.8. The van der Waals surface area contributed by atoms with Gasteiger partial charge in [-0.15, -0.1) is 0 Å². The predicted octanol–water partition coefficient (Wildman–Crippen LogP) is 2.60. The zero-order valence-electron chi connectivity index (χ0n) is 10.6. The minimum absolute atomic E-state index is 0.0858. The van der Waals surface area contributed by atoms with Crippen LogP contribution in [0.1, 0.15) is 17.3 Å². The molecule has 1 unspecified atom stereocenters.